The van der Waals surface area contributed by atoms with Gasteiger partial charge in [0.05, 0.1) is 31.6 Å². The van der Waals surface area contributed by atoms with E-state index >= 15 is 0 Å². The second-order valence-electron chi connectivity index (χ2n) is 6.00. The molecule has 1 aromatic carbocycles. The molecule has 1 aliphatic rings. The van der Waals surface area contributed by atoms with Crippen molar-refractivity contribution in [3.63, 3.8) is 0 Å². The van der Waals surface area contributed by atoms with Crippen LogP contribution in [0.5, 0.6) is 11.5 Å². The Morgan fingerprint density at radius 2 is 1.65 bits per heavy atom. The molecule has 0 unspecified atom stereocenters. The summed E-state index contributed by atoms with van der Waals surface area (Å²) in [5.41, 5.74) is 0.928. The maximum atomic E-state index is 12.3. The second kappa shape index (κ2) is 9.75. The summed E-state index contributed by atoms with van der Waals surface area (Å²) < 4.78 is 10.7. The molecule has 0 N–H and O–H groups in total. The zero-order valence-electron chi connectivity index (χ0n) is 15.5. The van der Waals surface area contributed by atoms with Gasteiger partial charge in [-0.15, -0.1) is 0 Å². The van der Waals surface area contributed by atoms with E-state index in [-0.39, 0.29) is 22.7 Å². The number of fused-ring (bicyclic) bond motifs is 1. The van der Waals surface area contributed by atoms with Crippen molar-refractivity contribution < 1.29 is 23.9 Å². The Kier molecular flexibility index (Phi) is 7.38. The van der Waals surface area contributed by atoms with Crippen molar-refractivity contribution >= 4 is 17.8 Å². The van der Waals surface area contributed by atoms with Crippen molar-refractivity contribution in [2.24, 2.45) is 5.16 Å². The van der Waals surface area contributed by atoms with Crippen molar-refractivity contribution in [1.82, 2.24) is 0 Å². The van der Waals surface area contributed by atoms with Crippen LogP contribution in [0.25, 0.3) is 0 Å². The Morgan fingerprint density at radius 1 is 0.962 bits per heavy atom. The normalized spacial score (nSPS) is 13.2. The summed E-state index contributed by atoms with van der Waals surface area (Å²) in [6, 6.07) is 1.62. The number of allylic oxidation sites excluding steroid dienone is 2. The molecule has 0 amide bonds. The first kappa shape index (κ1) is 19.7. The average Bonchev–Trinajstić information content (AvgIpc) is 2.65. The molecule has 1 aromatic rings. The van der Waals surface area contributed by atoms with Gasteiger partial charge in [-0.2, -0.15) is 0 Å². The minimum Gasteiger partial charge on any atom is -0.496 e. The zero-order valence-corrected chi connectivity index (χ0v) is 15.5. The minimum absolute atomic E-state index is 0.195. The summed E-state index contributed by atoms with van der Waals surface area (Å²) >= 11 is 0. The summed E-state index contributed by atoms with van der Waals surface area (Å²) in [5, 5.41) is 3.96. The molecule has 6 nitrogen and oxygen atoms in total. The van der Waals surface area contributed by atoms with E-state index in [1.165, 1.54) is 51.8 Å². The van der Waals surface area contributed by atoms with Gasteiger partial charge < -0.3 is 14.3 Å². The summed E-state index contributed by atoms with van der Waals surface area (Å²) in [5.74, 6) is 0.00622. The first-order valence-corrected chi connectivity index (χ1v) is 8.85. The van der Waals surface area contributed by atoms with Gasteiger partial charge in [-0.05, 0) is 31.1 Å². The molecule has 26 heavy (non-hydrogen) atoms. The molecule has 0 saturated heterocycles. The molecule has 0 saturated carbocycles. The monoisotopic (exact) mass is 359 g/mol. The highest BCUT2D eigenvalue weighted by Crippen LogP contribution is 2.36. The van der Waals surface area contributed by atoms with Crippen LogP contribution in [-0.4, -0.2) is 38.6 Å². The van der Waals surface area contributed by atoms with Crippen molar-refractivity contribution in [2.75, 3.05) is 20.8 Å². The lowest BCUT2D eigenvalue weighted by Gasteiger charge is -2.18. The average molecular weight is 359 g/mol. The zero-order chi connectivity index (χ0) is 18.9. The number of ether oxygens (including phenoxy) is 2. The number of hydrogen-bond donors (Lipinski definition) is 0. The Balaban J connectivity index is 2.17. The second-order valence-corrected chi connectivity index (χ2v) is 6.00. The smallest absolute Gasteiger partial charge is 0.190 e. The van der Waals surface area contributed by atoms with Crippen LogP contribution in [0.15, 0.2) is 23.4 Å². The molecule has 0 radical (unpaired) electrons. The van der Waals surface area contributed by atoms with E-state index in [0.717, 1.165) is 12.8 Å². The largest absolute Gasteiger partial charge is 0.496 e. The number of carbonyl (C=O) groups is 2. The fraction of sp³-hybridized carbons (Fsp3) is 0.450. The van der Waals surface area contributed by atoms with Crippen LogP contribution in [0.2, 0.25) is 0 Å². The van der Waals surface area contributed by atoms with Crippen LogP contribution in [-0.2, 0) is 4.84 Å². The summed E-state index contributed by atoms with van der Waals surface area (Å²) in [7, 11) is 2.90. The van der Waals surface area contributed by atoms with Crippen LogP contribution in [0.4, 0.5) is 0 Å². The van der Waals surface area contributed by atoms with E-state index in [1.807, 2.05) is 0 Å². The van der Waals surface area contributed by atoms with Gasteiger partial charge >= 0.3 is 0 Å². The molecule has 0 bridgehead atoms. The third-order valence-electron chi connectivity index (χ3n) is 4.18. The third kappa shape index (κ3) is 4.50. The Labute approximate surface area is 153 Å². The Morgan fingerprint density at radius 3 is 2.31 bits per heavy atom. The molecular weight excluding hydrogens is 334 g/mol. The molecule has 2 rings (SSSR count). The molecule has 0 spiro atoms. The van der Waals surface area contributed by atoms with Gasteiger partial charge in [-0.3, -0.25) is 9.59 Å². The molecule has 0 fully saturated rings. The summed E-state index contributed by atoms with van der Waals surface area (Å²) in [6.07, 6.45) is 9.64. The van der Waals surface area contributed by atoms with E-state index in [2.05, 4.69) is 12.1 Å². The van der Waals surface area contributed by atoms with Gasteiger partial charge in [0.15, 0.2) is 11.6 Å². The van der Waals surface area contributed by atoms with Crippen LogP contribution in [0.1, 0.15) is 65.3 Å². The van der Waals surface area contributed by atoms with Gasteiger partial charge in [0.1, 0.15) is 18.1 Å². The number of ketones is 2. The van der Waals surface area contributed by atoms with Gasteiger partial charge in [0, 0.05) is 5.56 Å². The Hall–Kier alpha value is -2.63. The quantitative estimate of drug-likeness (QED) is 0.359. The van der Waals surface area contributed by atoms with E-state index < -0.39 is 0 Å². The third-order valence-corrected chi connectivity index (χ3v) is 4.18. The highest BCUT2D eigenvalue weighted by Gasteiger charge is 2.29. The maximum absolute atomic E-state index is 12.3. The molecule has 6 heteroatoms. The number of methoxy groups -OCH3 is 2. The van der Waals surface area contributed by atoms with Crippen molar-refractivity contribution in [2.45, 2.75) is 39.0 Å². The number of rotatable bonds is 10. The maximum Gasteiger partial charge on any atom is 0.190 e. The molecule has 0 aromatic heterocycles. The molecule has 140 valence electrons. The summed E-state index contributed by atoms with van der Waals surface area (Å²) in [4.78, 5) is 29.7. The number of unbranched alkanes of at least 4 members (excludes halogenated alkanes) is 4. The van der Waals surface area contributed by atoms with E-state index in [1.54, 1.807) is 6.07 Å². The van der Waals surface area contributed by atoms with Crippen LogP contribution < -0.4 is 9.47 Å². The van der Waals surface area contributed by atoms with Crippen molar-refractivity contribution in [3.05, 3.63) is 34.9 Å². The SMILES string of the molecule is CCCCCCCO/N=C/c1cc(OC)c2c(c1OC)C(=O)C=CC2=O. The lowest BCUT2D eigenvalue weighted by Crippen LogP contribution is -2.16. The molecule has 0 aliphatic heterocycles. The molecule has 0 heterocycles. The standard InChI is InChI=1S/C20H25NO5/c1-4-5-6-7-8-11-26-21-13-14-12-17(24-2)18-15(22)9-10-16(23)19(18)20(14)25-3/h9-10,12-13H,4-8,11H2,1-3H3/b21-13+. The van der Waals surface area contributed by atoms with Crippen LogP contribution in [0.3, 0.4) is 0 Å². The van der Waals surface area contributed by atoms with Gasteiger partial charge in [-0.25, -0.2) is 0 Å². The molecule has 0 atom stereocenters. The molecular formula is C20H25NO5. The number of nitrogens with zero attached hydrogens (tertiary/aromatic N) is 1. The predicted molar refractivity (Wildman–Crippen MR) is 99.7 cm³/mol. The number of carbonyl (C=O) groups excluding carboxylic acids is 2. The van der Waals surface area contributed by atoms with E-state index in [4.69, 9.17) is 14.3 Å². The van der Waals surface area contributed by atoms with E-state index in [9.17, 15) is 9.59 Å². The number of benzene rings is 1. The van der Waals surface area contributed by atoms with Gasteiger partial charge in [0.2, 0.25) is 0 Å². The fourth-order valence-electron chi connectivity index (χ4n) is 2.85. The highest BCUT2D eigenvalue weighted by molar-refractivity contribution is 6.25. The van der Waals surface area contributed by atoms with Crippen LogP contribution in [0, 0.1) is 0 Å². The van der Waals surface area contributed by atoms with Gasteiger partial charge in [-0.1, -0.05) is 31.3 Å². The molecule has 1 aliphatic carbocycles. The topological polar surface area (TPSA) is 74.2 Å². The van der Waals surface area contributed by atoms with Gasteiger partial charge in [0.25, 0.3) is 0 Å². The van der Waals surface area contributed by atoms with E-state index in [0.29, 0.717) is 23.7 Å². The highest BCUT2D eigenvalue weighted by atomic mass is 16.6. The first-order chi connectivity index (χ1) is 12.6. The first-order valence-electron chi connectivity index (χ1n) is 8.85. The Bertz CT molecular complexity index is 721. The summed E-state index contributed by atoms with van der Waals surface area (Å²) in [6.45, 7) is 2.71. The van der Waals surface area contributed by atoms with Crippen molar-refractivity contribution in [3.8, 4) is 11.5 Å². The number of hydrogen-bond acceptors (Lipinski definition) is 6. The van der Waals surface area contributed by atoms with Crippen molar-refractivity contribution in [1.29, 1.82) is 0 Å². The minimum atomic E-state index is -0.304. The lowest BCUT2D eigenvalue weighted by molar-refractivity contribution is 0.0989. The van der Waals surface area contributed by atoms with Crippen LogP contribution >= 0.6 is 0 Å². The lowest BCUT2D eigenvalue weighted by atomic mass is 9.91. The number of oxime groups is 1. The fourth-order valence-corrected chi connectivity index (χ4v) is 2.85. The predicted octanol–water partition coefficient (Wildman–Crippen LogP) is 3.96.